The first-order chi connectivity index (χ1) is 8.15. The van der Waals surface area contributed by atoms with Crippen molar-refractivity contribution < 1.29 is 4.74 Å². The van der Waals surface area contributed by atoms with E-state index in [0.29, 0.717) is 11.3 Å². The molecule has 0 aromatic carbocycles. The van der Waals surface area contributed by atoms with Gasteiger partial charge in [0.05, 0.1) is 6.61 Å². The molecular weight excluding hydrogens is 341 g/mol. The van der Waals surface area contributed by atoms with Crippen LogP contribution in [0.4, 0.5) is 0 Å². The standard InChI is InChI=1S/C13H25N3O.HI/c1-11(2)8-15-12(14-3)16-6-4-13(9-16)5-7-17-10-13;/h11H,4-10H2,1-3H3,(H,14,15);1H. The molecule has 4 nitrogen and oxygen atoms in total. The molecule has 0 saturated carbocycles. The van der Waals surface area contributed by atoms with Crippen LogP contribution >= 0.6 is 24.0 Å². The zero-order valence-corrected chi connectivity index (χ0v) is 14.1. The van der Waals surface area contributed by atoms with Crippen molar-refractivity contribution in [2.24, 2.45) is 16.3 Å². The summed E-state index contributed by atoms with van der Waals surface area (Å²) in [5, 5.41) is 3.45. The minimum atomic E-state index is 0. The molecule has 2 aliphatic rings. The highest BCUT2D eigenvalue weighted by Gasteiger charge is 2.42. The second kappa shape index (κ2) is 6.93. The van der Waals surface area contributed by atoms with Crippen LogP contribution in [-0.2, 0) is 4.74 Å². The number of rotatable bonds is 2. The van der Waals surface area contributed by atoms with Crippen molar-refractivity contribution in [3.8, 4) is 0 Å². The van der Waals surface area contributed by atoms with Gasteiger partial charge in [0.1, 0.15) is 0 Å². The number of nitrogens with zero attached hydrogens (tertiary/aromatic N) is 2. The third-order valence-corrected chi connectivity index (χ3v) is 3.80. The van der Waals surface area contributed by atoms with E-state index in [0.717, 1.165) is 38.8 Å². The molecule has 1 unspecified atom stereocenters. The normalized spacial score (nSPS) is 28.0. The maximum Gasteiger partial charge on any atom is 0.193 e. The third-order valence-electron chi connectivity index (χ3n) is 3.80. The van der Waals surface area contributed by atoms with E-state index in [-0.39, 0.29) is 24.0 Å². The number of hydrogen-bond acceptors (Lipinski definition) is 2. The number of guanidine groups is 1. The Bertz CT molecular complexity index is 288. The highest BCUT2D eigenvalue weighted by atomic mass is 127. The van der Waals surface area contributed by atoms with Gasteiger partial charge < -0.3 is 15.0 Å². The van der Waals surface area contributed by atoms with Gasteiger partial charge in [0.2, 0.25) is 0 Å². The van der Waals surface area contributed by atoms with Crippen molar-refractivity contribution >= 4 is 29.9 Å². The Morgan fingerprint density at radius 1 is 1.44 bits per heavy atom. The molecule has 1 N–H and O–H groups in total. The fraction of sp³-hybridized carbons (Fsp3) is 0.923. The molecule has 0 aromatic heterocycles. The lowest BCUT2D eigenvalue weighted by Crippen LogP contribution is -2.42. The molecule has 0 radical (unpaired) electrons. The maximum atomic E-state index is 5.56. The summed E-state index contributed by atoms with van der Waals surface area (Å²) < 4.78 is 5.56. The molecule has 0 aromatic rings. The smallest absolute Gasteiger partial charge is 0.193 e. The van der Waals surface area contributed by atoms with Gasteiger partial charge in [0.25, 0.3) is 0 Å². The Morgan fingerprint density at radius 3 is 2.78 bits per heavy atom. The Morgan fingerprint density at radius 2 is 2.22 bits per heavy atom. The Labute approximate surface area is 128 Å². The average molecular weight is 367 g/mol. The zero-order chi connectivity index (χ0) is 12.3. The van der Waals surface area contributed by atoms with Crippen molar-refractivity contribution in [3.63, 3.8) is 0 Å². The Kier molecular flexibility index (Phi) is 6.17. The molecule has 2 rings (SSSR count). The van der Waals surface area contributed by atoms with Crippen LogP contribution in [0, 0.1) is 11.3 Å². The Hall–Kier alpha value is -0.0400. The van der Waals surface area contributed by atoms with Gasteiger partial charge in [-0.25, -0.2) is 0 Å². The van der Waals surface area contributed by atoms with Crippen LogP contribution in [0.1, 0.15) is 26.7 Å². The summed E-state index contributed by atoms with van der Waals surface area (Å²) in [5.74, 6) is 1.71. The SMILES string of the molecule is CN=C(NCC(C)C)N1CCC2(CCOC2)C1.I. The minimum Gasteiger partial charge on any atom is -0.381 e. The van der Waals surface area contributed by atoms with E-state index in [2.05, 4.69) is 29.1 Å². The first-order valence-electron chi connectivity index (χ1n) is 6.68. The van der Waals surface area contributed by atoms with Crippen molar-refractivity contribution in [1.82, 2.24) is 10.2 Å². The maximum absolute atomic E-state index is 5.56. The molecular formula is C13H26IN3O. The molecule has 18 heavy (non-hydrogen) atoms. The molecule has 2 fully saturated rings. The van der Waals surface area contributed by atoms with Gasteiger partial charge >= 0.3 is 0 Å². The molecule has 2 heterocycles. The largest absolute Gasteiger partial charge is 0.381 e. The van der Waals surface area contributed by atoms with Crippen molar-refractivity contribution in [3.05, 3.63) is 0 Å². The highest BCUT2D eigenvalue weighted by molar-refractivity contribution is 14.0. The molecule has 1 atom stereocenters. The summed E-state index contributed by atoms with van der Waals surface area (Å²) in [5.41, 5.74) is 0.412. The van der Waals surface area contributed by atoms with Gasteiger partial charge in [-0.2, -0.15) is 0 Å². The molecule has 0 bridgehead atoms. The molecule has 5 heteroatoms. The van der Waals surface area contributed by atoms with Gasteiger partial charge in [-0.3, -0.25) is 4.99 Å². The molecule has 2 aliphatic heterocycles. The van der Waals surface area contributed by atoms with Gasteiger partial charge in [-0.15, -0.1) is 24.0 Å². The fourth-order valence-electron chi connectivity index (χ4n) is 2.71. The van der Waals surface area contributed by atoms with Crippen LogP contribution in [0.15, 0.2) is 4.99 Å². The number of likely N-dealkylation sites (tertiary alicyclic amines) is 1. The van der Waals surface area contributed by atoms with E-state index in [1.807, 2.05) is 7.05 Å². The monoisotopic (exact) mass is 367 g/mol. The van der Waals surface area contributed by atoms with E-state index >= 15 is 0 Å². The van der Waals surface area contributed by atoms with Crippen LogP contribution < -0.4 is 5.32 Å². The first kappa shape index (κ1) is 16.0. The summed E-state index contributed by atoms with van der Waals surface area (Å²) >= 11 is 0. The Balaban J connectivity index is 0.00000162. The van der Waals surface area contributed by atoms with E-state index in [1.165, 1.54) is 12.8 Å². The number of ether oxygens (including phenoxy) is 1. The summed E-state index contributed by atoms with van der Waals surface area (Å²) in [6, 6.07) is 0. The number of aliphatic imine (C=N–C) groups is 1. The van der Waals surface area contributed by atoms with Crippen molar-refractivity contribution in [2.75, 3.05) is 39.9 Å². The summed E-state index contributed by atoms with van der Waals surface area (Å²) in [6.07, 6.45) is 2.46. The van der Waals surface area contributed by atoms with E-state index < -0.39 is 0 Å². The number of halogens is 1. The molecule has 106 valence electrons. The summed E-state index contributed by atoms with van der Waals surface area (Å²) in [6.45, 7) is 9.52. The highest BCUT2D eigenvalue weighted by Crippen LogP contribution is 2.38. The molecule has 2 saturated heterocycles. The van der Waals surface area contributed by atoms with Gasteiger partial charge in [-0.1, -0.05) is 13.8 Å². The fourth-order valence-corrected chi connectivity index (χ4v) is 2.71. The lowest BCUT2D eigenvalue weighted by atomic mass is 9.87. The predicted octanol–water partition coefficient (Wildman–Crippen LogP) is 1.95. The molecule has 1 spiro atoms. The topological polar surface area (TPSA) is 36.9 Å². The van der Waals surface area contributed by atoms with Gasteiger partial charge in [0.15, 0.2) is 5.96 Å². The summed E-state index contributed by atoms with van der Waals surface area (Å²) in [7, 11) is 1.87. The predicted molar refractivity (Wildman–Crippen MR) is 85.7 cm³/mol. The number of hydrogen-bond donors (Lipinski definition) is 1. The molecule has 0 amide bonds. The lowest BCUT2D eigenvalue weighted by Gasteiger charge is -2.25. The second-order valence-electron chi connectivity index (χ2n) is 5.80. The first-order valence-corrected chi connectivity index (χ1v) is 6.68. The van der Waals surface area contributed by atoms with Crippen molar-refractivity contribution in [1.29, 1.82) is 0 Å². The van der Waals surface area contributed by atoms with E-state index in [9.17, 15) is 0 Å². The quantitative estimate of drug-likeness (QED) is 0.461. The van der Waals surface area contributed by atoms with Gasteiger partial charge in [0, 0.05) is 38.7 Å². The van der Waals surface area contributed by atoms with E-state index in [1.54, 1.807) is 0 Å². The summed E-state index contributed by atoms with van der Waals surface area (Å²) in [4.78, 5) is 6.77. The van der Waals surface area contributed by atoms with Crippen LogP contribution in [0.3, 0.4) is 0 Å². The van der Waals surface area contributed by atoms with Crippen LogP contribution in [-0.4, -0.2) is 50.8 Å². The molecule has 0 aliphatic carbocycles. The zero-order valence-electron chi connectivity index (χ0n) is 11.7. The van der Waals surface area contributed by atoms with Crippen LogP contribution in [0.25, 0.3) is 0 Å². The van der Waals surface area contributed by atoms with Crippen molar-refractivity contribution in [2.45, 2.75) is 26.7 Å². The average Bonchev–Trinajstić information content (AvgIpc) is 2.91. The minimum absolute atomic E-state index is 0. The number of nitrogens with one attached hydrogen (secondary N) is 1. The van der Waals surface area contributed by atoms with Crippen LogP contribution in [0.2, 0.25) is 0 Å². The second-order valence-corrected chi connectivity index (χ2v) is 5.80. The lowest BCUT2D eigenvalue weighted by molar-refractivity contribution is 0.156. The van der Waals surface area contributed by atoms with Gasteiger partial charge in [-0.05, 0) is 18.8 Å². The third kappa shape index (κ3) is 3.73. The van der Waals surface area contributed by atoms with Crippen LogP contribution in [0.5, 0.6) is 0 Å². The van der Waals surface area contributed by atoms with E-state index in [4.69, 9.17) is 4.74 Å².